The summed E-state index contributed by atoms with van der Waals surface area (Å²) in [6.45, 7) is 0. The Morgan fingerprint density at radius 1 is 0.880 bits per heavy atom. The highest BCUT2D eigenvalue weighted by Crippen LogP contribution is 2.20. The van der Waals surface area contributed by atoms with Crippen molar-refractivity contribution in [2.24, 2.45) is 21.1 Å². The molecular formula is C15H14Cl2N6O2. The van der Waals surface area contributed by atoms with Crippen molar-refractivity contribution in [1.82, 2.24) is 10.9 Å². The number of guanidine groups is 1. The lowest BCUT2D eigenvalue weighted by Gasteiger charge is -2.04. The molecule has 25 heavy (non-hydrogen) atoms. The van der Waals surface area contributed by atoms with E-state index in [0.29, 0.717) is 21.2 Å². The third kappa shape index (κ3) is 5.55. The fourth-order valence-electron chi connectivity index (χ4n) is 1.67. The summed E-state index contributed by atoms with van der Waals surface area (Å²) in [6.07, 6.45) is 2.67. The summed E-state index contributed by atoms with van der Waals surface area (Å²) in [5, 5.41) is 31.4. The second-order valence-corrected chi connectivity index (χ2v) is 5.50. The molecule has 0 spiro atoms. The molecule has 0 amide bonds. The lowest BCUT2D eigenvalue weighted by Crippen LogP contribution is -2.31. The van der Waals surface area contributed by atoms with E-state index >= 15 is 0 Å². The van der Waals surface area contributed by atoms with Crippen LogP contribution in [0.3, 0.4) is 0 Å². The molecule has 0 fully saturated rings. The Hall–Kier alpha value is -2.97. The van der Waals surface area contributed by atoms with Crippen molar-refractivity contribution in [2.45, 2.75) is 0 Å². The molecule has 0 aliphatic rings. The first kappa shape index (κ1) is 18.4. The molecule has 0 atom stereocenters. The maximum atomic E-state index is 9.67. The average molecular weight is 381 g/mol. The number of nitrogens with one attached hydrogen (secondary N) is 2. The summed E-state index contributed by atoms with van der Waals surface area (Å²) in [5.41, 5.74) is 5.82. The van der Waals surface area contributed by atoms with Gasteiger partial charge in [-0.15, -0.1) is 5.10 Å². The van der Waals surface area contributed by atoms with E-state index in [1.807, 2.05) is 0 Å². The van der Waals surface area contributed by atoms with Crippen LogP contribution in [-0.4, -0.2) is 28.6 Å². The highest BCUT2D eigenvalue weighted by atomic mass is 35.5. The summed E-state index contributed by atoms with van der Waals surface area (Å²) in [6, 6.07) is 9.07. The second-order valence-electron chi connectivity index (χ2n) is 4.62. The molecule has 0 heterocycles. The predicted molar refractivity (Wildman–Crippen MR) is 99.3 cm³/mol. The topological polar surface area (TPSA) is 128 Å². The van der Waals surface area contributed by atoms with Gasteiger partial charge in [-0.1, -0.05) is 23.2 Å². The Balaban J connectivity index is 1.97. The van der Waals surface area contributed by atoms with Gasteiger partial charge in [-0.2, -0.15) is 10.2 Å². The quantitative estimate of drug-likeness (QED) is 0.240. The van der Waals surface area contributed by atoms with Gasteiger partial charge in [0.2, 0.25) is 0 Å². The van der Waals surface area contributed by atoms with Crippen LogP contribution in [0.15, 0.2) is 51.7 Å². The van der Waals surface area contributed by atoms with Gasteiger partial charge < -0.3 is 16.1 Å². The van der Waals surface area contributed by atoms with Crippen molar-refractivity contribution < 1.29 is 10.2 Å². The van der Waals surface area contributed by atoms with E-state index in [4.69, 9.17) is 29.0 Å². The molecule has 8 nitrogen and oxygen atoms in total. The van der Waals surface area contributed by atoms with E-state index in [-0.39, 0.29) is 17.5 Å². The van der Waals surface area contributed by atoms with Crippen molar-refractivity contribution in [3.8, 4) is 11.5 Å². The van der Waals surface area contributed by atoms with Crippen LogP contribution in [0.1, 0.15) is 11.1 Å². The lowest BCUT2D eigenvalue weighted by molar-refractivity contribution is 0.474. The Morgan fingerprint density at radius 3 is 1.72 bits per heavy atom. The normalized spacial score (nSPS) is 12.0. The minimum atomic E-state index is 0.0172. The largest absolute Gasteiger partial charge is 0.507 e. The number of aromatic hydroxyl groups is 2. The van der Waals surface area contributed by atoms with Crippen LogP contribution in [-0.2, 0) is 0 Å². The van der Waals surface area contributed by atoms with Crippen LogP contribution >= 0.6 is 23.2 Å². The molecule has 0 unspecified atom stereocenters. The first-order chi connectivity index (χ1) is 12.0. The third-order valence-electron chi connectivity index (χ3n) is 2.86. The molecule has 130 valence electrons. The summed E-state index contributed by atoms with van der Waals surface area (Å²) < 4.78 is 0. The summed E-state index contributed by atoms with van der Waals surface area (Å²) in [7, 11) is 0. The minimum Gasteiger partial charge on any atom is -0.507 e. The fourth-order valence-corrected chi connectivity index (χ4v) is 2.03. The smallest absolute Gasteiger partial charge is 0.254 e. The molecule has 0 saturated heterocycles. The summed E-state index contributed by atoms with van der Waals surface area (Å²) in [4.78, 5) is 0. The van der Waals surface area contributed by atoms with E-state index < -0.39 is 0 Å². The van der Waals surface area contributed by atoms with E-state index in [2.05, 4.69) is 26.2 Å². The molecule has 2 aromatic rings. The molecule has 0 aromatic heterocycles. The van der Waals surface area contributed by atoms with Gasteiger partial charge in [0, 0.05) is 21.2 Å². The Labute approximate surface area is 153 Å². The van der Waals surface area contributed by atoms with E-state index in [1.54, 1.807) is 12.1 Å². The Morgan fingerprint density at radius 2 is 1.32 bits per heavy atom. The number of hydrogen-bond acceptors (Lipinski definition) is 6. The molecule has 0 aliphatic carbocycles. The van der Waals surface area contributed by atoms with Crippen molar-refractivity contribution in [2.75, 3.05) is 0 Å². The Kier molecular flexibility index (Phi) is 6.44. The number of rotatable bonds is 4. The number of halogens is 2. The molecule has 0 saturated carbocycles. The van der Waals surface area contributed by atoms with Crippen LogP contribution in [0.2, 0.25) is 10.0 Å². The monoisotopic (exact) mass is 380 g/mol. The average Bonchev–Trinajstić information content (AvgIpc) is 2.59. The SMILES string of the molecule is NN=C(N/N=C\c1cc(Cl)ccc1O)N/N=C/c1cc(Cl)ccc1O. The molecule has 10 heteroatoms. The predicted octanol–water partition coefficient (Wildman–Crippen LogP) is 2.18. The Bertz CT molecular complexity index is 773. The first-order valence-corrected chi connectivity index (χ1v) is 7.58. The highest BCUT2D eigenvalue weighted by molar-refractivity contribution is 6.31. The van der Waals surface area contributed by atoms with Crippen molar-refractivity contribution in [1.29, 1.82) is 0 Å². The zero-order valence-corrected chi connectivity index (χ0v) is 14.2. The number of hydrogen-bond donors (Lipinski definition) is 5. The maximum absolute atomic E-state index is 9.67. The summed E-state index contributed by atoms with van der Waals surface area (Å²) >= 11 is 11.7. The van der Waals surface area contributed by atoms with Gasteiger partial charge in [0.05, 0.1) is 12.4 Å². The number of hydrazone groups is 3. The van der Waals surface area contributed by atoms with Gasteiger partial charge in [0.1, 0.15) is 11.5 Å². The number of phenolic OH excluding ortho intramolecular Hbond substituents is 2. The molecule has 0 radical (unpaired) electrons. The van der Waals surface area contributed by atoms with E-state index in [0.717, 1.165) is 0 Å². The van der Waals surface area contributed by atoms with Crippen molar-refractivity contribution in [3.63, 3.8) is 0 Å². The standard InChI is InChI=1S/C15H14Cl2N6O2/c16-11-1-3-13(24)9(5-11)7-19-22-15(21-18)23-20-8-10-6-12(17)2-4-14(10)25/h1-8,24-25H,18H2,(H2,21,22,23)/b19-7-,20-8+. The number of nitrogens with two attached hydrogens (primary N) is 1. The van der Waals surface area contributed by atoms with Crippen LogP contribution in [0.5, 0.6) is 11.5 Å². The third-order valence-corrected chi connectivity index (χ3v) is 3.33. The highest BCUT2D eigenvalue weighted by Gasteiger charge is 2.01. The number of phenols is 2. The van der Waals surface area contributed by atoms with Gasteiger partial charge in [-0.25, -0.2) is 10.9 Å². The molecule has 0 bridgehead atoms. The van der Waals surface area contributed by atoms with E-state index in [9.17, 15) is 10.2 Å². The van der Waals surface area contributed by atoms with Crippen LogP contribution < -0.4 is 16.7 Å². The van der Waals surface area contributed by atoms with Gasteiger partial charge >= 0.3 is 0 Å². The van der Waals surface area contributed by atoms with Gasteiger partial charge in [0.15, 0.2) is 0 Å². The maximum Gasteiger partial charge on any atom is 0.254 e. The van der Waals surface area contributed by atoms with Crippen LogP contribution in [0.25, 0.3) is 0 Å². The number of nitrogens with zero attached hydrogens (tertiary/aromatic N) is 3. The molecule has 6 N–H and O–H groups in total. The second kappa shape index (κ2) is 8.76. The summed E-state index contributed by atoms with van der Waals surface area (Å²) in [5.74, 6) is 5.27. The van der Waals surface area contributed by atoms with Crippen LogP contribution in [0.4, 0.5) is 0 Å². The molecular weight excluding hydrogens is 367 g/mol. The van der Waals surface area contributed by atoms with Gasteiger partial charge in [-0.05, 0) is 36.4 Å². The van der Waals surface area contributed by atoms with Crippen LogP contribution in [0, 0.1) is 0 Å². The van der Waals surface area contributed by atoms with Crippen molar-refractivity contribution >= 4 is 41.6 Å². The van der Waals surface area contributed by atoms with E-state index in [1.165, 1.54) is 36.7 Å². The zero-order valence-electron chi connectivity index (χ0n) is 12.7. The fraction of sp³-hybridized carbons (Fsp3) is 0. The minimum absolute atomic E-state index is 0.0172. The van der Waals surface area contributed by atoms with Gasteiger partial charge in [-0.3, -0.25) is 0 Å². The molecule has 0 aliphatic heterocycles. The van der Waals surface area contributed by atoms with Crippen molar-refractivity contribution in [3.05, 3.63) is 57.6 Å². The molecule has 2 rings (SSSR count). The number of benzene rings is 2. The lowest BCUT2D eigenvalue weighted by atomic mass is 10.2. The zero-order chi connectivity index (χ0) is 18.2. The first-order valence-electron chi connectivity index (χ1n) is 6.82. The van der Waals surface area contributed by atoms with Gasteiger partial charge in [0.25, 0.3) is 5.96 Å². The molecule has 2 aromatic carbocycles.